The van der Waals surface area contributed by atoms with Crippen molar-refractivity contribution in [3.8, 4) is 16.9 Å². The van der Waals surface area contributed by atoms with E-state index in [4.69, 9.17) is 10.5 Å². The van der Waals surface area contributed by atoms with E-state index in [2.05, 4.69) is 9.97 Å². The number of hydrogen-bond donors (Lipinski definition) is 3. The summed E-state index contributed by atoms with van der Waals surface area (Å²) in [5.41, 5.74) is 8.13. The summed E-state index contributed by atoms with van der Waals surface area (Å²) < 4.78 is 31.0. The van der Waals surface area contributed by atoms with E-state index in [-0.39, 0.29) is 10.6 Å². The third kappa shape index (κ3) is 4.01. The summed E-state index contributed by atoms with van der Waals surface area (Å²) in [4.78, 5) is 19.6. The number of sulfone groups is 1. The molecular formula is C25H27N3O5S. The van der Waals surface area contributed by atoms with Crippen LogP contribution in [0.1, 0.15) is 26.3 Å². The van der Waals surface area contributed by atoms with Crippen molar-refractivity contribution in [2.24, 2.45) is 5.73 Å². The highest BCUT2D eigenvalue weighted by atomic mass is 32.2. The van der Waals surface area contributed by atoms with Crippen molar-refractivity contribution in [3.05, 3.63) is 54.2 Å². The Morgan fingerprint density at radius 1 is 1.26 bits per heavy atom. The number of aliphatic carboxylic acids is 1. The third-order valence-electron chi connectivity index (χ3n) is 6.20. The monoisotopic (exact) mass is 481 g/mol. The average Bonchev–Trinajstić information content (AvgIpc) is 3.18. The largest absolute Gasteiger partial charge is 0.486 e. The quantitative estimate of drug-likeness (QED) is 0.362. The molecule has 34 heavy (non-hydrogen) atoms. The number of aryl methyl sites for hydroxylation is 1. The average molecular weight is 482 g/mol. The summed E-state index contributed by atoms with van der Waals surface area (Å²) in [5.74, 6) is -0.735. The predicted molar refractivity (Wildman–Crippen MR) is 132 cm³/mol. The van der Waals surface area contributed by atoms with Gasteiger partial charge in [-0.15, -0.1) is 0 Å². The summed E-state index contributed by atoms with van der Waals surface area (Å²) in [6.07, 6.45) is 0.911. The number of rotatable bonds is 7. The van der Waals surface area contributed by atoms with Crippen molar-refractivity contribution in [1.82, 2.24) is 9.97 Å². The first kappa shape index (κ1) is 23.7. The van der Waals surface area contributed by atoms with Crippen LogP contribution in [0.4, 0.5) is 0 Å². The molecule has 2 aromatic carbocycles. The number of nitrogens with one attached hydrogen (secondary N) is 1. The van der Waals surface area contributed by atoms with Crippen molar-refractivity contribution in [2.75, 3.05) is 5.75 Å². The second-order valence-corrected chi connectivity index (χ2v) is 11.0. The Hall–Kier alpha value is -3.43. The van der Waals surface area contributed by atoms with Crippen LogP contribution in [-0.4, -0.2) is 46.9 Å². The van der Waals surface area contributed by atoms with Crippen LogP contribution in [0.25, 0.3) is 33.1 Å². The number of carboxylic acid groups (broad SMARTS) is 1. The van der Waals surface area contributed by atoms with E-state index >= 15 is 0 Å². The van der Waals surface area contributed by atoms with Gasteiger partial charge in [-0.3, -0.25) is 4.79 Å². The summed E-state index contributed by atoms with van der Waals surface area (Å²) in [6.45, 7) is 6.57. The number of nitrogens with two attached hydrogens (primary N) is 1. The lowest BCUT2D eigenvalue weighted by Crippen LogP contribution is -2.55. The van der Waals surface area contributed by atoms with E-state index in [0.717, 1.165) is 27.5 Å². The second kappa shape index (κ2) is 8.41. The Labute approximate surface area is 197 Å². The maximum atomic E-state index is 12.5. The number of carboxylic acids is 1. The van der Waals surface area contributed by atoms with Gasteiger partial charge in [0.25, 0.3) is 0 Å². The van der Waals surface area contributed by atoms with Crippen LogP contribution in [0.5, 0.6) is 5.75 Å². The molecule has 4 aromatic rings. The molecule has 8 nitrogen and oxygen atoms in total. The van der Waals surface area contributed by atoms with Gasteiger partial charge in [0.15, 0.2) is 9.84 Å². The van der Waals surface area contributed by atoms with Gasteiger partial charge in [-0.1, -0.05) is 19.1 Å². The van der Waals surface area contributed by atoms with E-state index < -0.39 is 27.4 Å². The van der Waals surface area contributed by atoms with Crippen LogP contribution in [0.3, 0.4) is 0 Å². The van der Waals surface area contributed by atoms with Gasteiger partial charge < -0.3 is 20.6 Å². The summed E-state index contributed by atoms with van der Waals surface area (Å²) in [7, 11) is -3.38. The molecule has 0 aliphatic carbocycles. The van der Waals surface area contributed by atoms with Crippen molar-refractivity contribution >= 4 is 37.7 Å². The topological polar surface area (TPSA) is 135 Å². The van der Waals surface area contributed by atoms with E-state index in [1.165, 1.54) is 6.92 Å². The standard InChI is InChI=1S/C25H27N3O5S/c1-5-34(31,32)17-8-6-7-16(12-17)18-9-10-20(33-15(3)25(4,26)24(29)30)22-21(18)19-11-14(2)13-27-23(19)28-22/h6-13,15H,5,26H2,1-4H3,(H,27,28)(H,29,30)/t15?,25-/m0/s1. The zero-order valence-electron chi connectivity index (χ0n) is 19.4. The maximum Gasteiger partial charge on any atom is 0.327 e. The van der Waals surface area contributed by atoms with Crippen molar-refractivity contribution < 1.29 is 23.1 Å². The fourth-order valence-electron chi connectivity index (χ4n) is 3.81. The Morgan fingerprint density at radius 2 is 2.00 bits per heavy atom. The highest BCUT2D eigenvalue weighted by Gasteiger charge is 2.37. The Bertz CT molecular complexity index is 1520. The molecule has 9 heteroatoms. The minimum atomic E-state index is -3.38. The zero-order chi connectivity index (χ0) is 24.8. The first-order valence-corrected chi connectivity index (χ1v) is 12.5. The van der Waals surface area contributed by atoms with Crippen LogP contribution < -0.4 is 10.5 Å². The minimum Gasteiger partial charge on any atom is -0.486 e. The number of nitrogens with zero attached hydrogens (tertiary/aromatic N) is 1. The highest BCUT2D eigenvalue weighted by Crippen LogP contribution is 2.40. The lowest BCUT2D eigenvalue weighted by molar-refractivity contribution is -0.145. The van der Waals surface area contributed by atoms with Crippen molar-refractivity contribution in [2.45, 2.75) is 44.2 Å². The Balaban J connectivity index is 1.96. The van der Waals surface area contributed by atoms with Crippen molar-refractivity contribution in [3.63, 3.8) is 0 Å². The molecule has 178 valence electrons. The molecule has 4 rings (SSSR count). The molecule has 2 aromatic heterocycles. The molecule has 0 saturated carbocycles. The molecule has 2 heterocycles. The number of carbonyl (C=O) groups is 1. The number of hydrogen-bond acceptors (Lipinski definition) is 6. The maximum absolute atomic E-state index is 12.5. The minimum absolute atomic E-state index is 0.00810. The van der Waals surface area contributed by atoms with Gasteiger partial charge in [0.2, 0.25) is 0 Å². The molecule has 1 unspecified atom stereocenters. The fraction of sp³-hybridized carbons (Fsp3) is 0.280. The normalized spacial score (nSPS) is 14.7. The van der Waals surface area contributed by atoms with Gasteiger partial charge >= 0.3 is 5.97 Å². The number of H-pyrrole nitrogens is 1. The molecule has 0 radical (unpaired) electrons. The van der Waals surface area contributed by atoms with Crippen LogP contribution in [0.15, 0.2) is 53.6 Å². The zero-order valence-corrected chi connectivity index (χ0v) is 20.2. The van der Waals surface area contributed by atoms with E-state index in [0.29, 0.717) is 16.9 Å². The number of fused-ring (bicyclic) bond motifs is 3. The third-order valence-corrected chi connectivity index (χ3v) is 7.93. The second-order valence-electron chi connectivity index (χ2n) is 8.67. The van der Waals surface area contributed by atoms with E-state index in [9.17, 15) is 18.3 Å². The van der Waals surface area contributed by atoms with Gasteiger partial charge in [-0.05, 0) is 67.8 Å². The SMILES string of the molecule is CCS(=O)(=O)c1cccc(-c2ccc(OC(C)[C@](C)(N)C(=O)O)c3[nH]c4ncc(C)cc4c23)c1. The van der Waals surface area contributed by atoms with Gasteiger partial charge in [0.1, 0.15) is 23.0 Å². The Kier molecular flexibility index (Phi) is 5.87. The van der Waals surface area contributed by atoms with Gasteiger partial charge in [0.05, 0.1) is 16.2 Å². The molecule has 0 aliphatic heterocycles. The summed E-state index contributed by atoms with van der Waals surface area (Å²) >= 11 is 0. The van der Waals surface area contributed by atoms with Crippen LogP contribution in [-0.2, 0) is 14.6 Å². The summed E-state index contributed by atoms with van der Waals surface area (Å²) in [5, 5.41) is 11.1. The predicted octanol–water partition coefficient (Wildman–Crippen LogP) is 4.05. The van der Waals surface area contributed by atoms with Gasteiger partial charge in [0, 0.05) is 17.0 Å². The first-order valence-electron chi connectivity index (χ1n) is 10.9. The fourth-order valence-corrected chi connectivity index (χ4v) is 4.74. The molecule has 0 spiro atoms. The van der Waals surface area contributed by atoms with Crippen LogP contribution in [0, 0.1) is 6.92 Å². The molecule has 0 bridgehead atoms. The molecule has 0 saturated heterocycles. The number of ether oxygens (including phenoxy) is 1. The van der Waals surface area contributed by atoms with Gasteiger partial charge in [-0.2, -0.15) is 0 Å². The molecule has 0 aliphatic rings. The molecule has 4 N–H and O–H groups in total. The summed E-state index contributed by atoms with van der Waals surface area (Å²) in [6, 6.07) is 12.4. The number of aromatic nitrogens is 2. The van der Waals surface area contributed by atoms with Crippen molar-refractivity contribution in [1.29, 1.82) is 0 Å². The number of benzene rings is 2. The number of aromatic amines is 1. The van der Waals surface area contributed by atoms with Crippen LogP contribution >= 0.6 is 0 Å². The highest BCUT2D eigenvalue weighted by molar-refractivity contribution is 7.91. The number of pyridine rings is 1. The molecular weight excluding hydrogens is 454 g/mol. The molecule has 0 fully saturated rings. The first-order chi connectivity index (χ1) is 16.0. The smallest absolute Gasteiger partial charge is 0.327 e. The molecule has 0 amide bonds. The Morgan fingerprint density at radius 3 is 2.68 bits per heavy atom. The van der Waals surface area contributed by atoms with E-state index in [1.54, 1.807) is 44.3 Å². The lowest BCUT2D eigenvalue weighted by atomic mass is 9.97. The lowest BCUT2D eigenvalue weighted by Gasteiger charge is -2.28. The molecule has 2 atom stereocenters. The van der Waals surface area contributed by atoms with Gasteiger partial charge in [-0.25, -0.2) is 13.4 Å². The van der Waals surface area contributed by atoms with Crippen LogP contribution in [0.2, 0.25) is 0 Å². The van der Waals surface area contributed by atoms with E-state index in [1.807, 2.05) is 25.1 Å².